The van der Waals surface area contributed by atoms with Crippen LogP contribution in [0.4, 0.5) is 0 Å². The predicted octanol–water partition coefficient (Wildman–Crippen LogP) is 2.72. The first-order chi connectivity index (χ1) is 13.0. The van der Waals surface area contributed by atoms with Crippen molar-refractivity contribution in [2.45, 2.75) is 39.5 Å². The number of benzene rings is 1. The fraction of sp³-hybridized carbons (Fsp3) is 0.286. The highest BCUT2D eigenvalue weighted by atomic mass is 16.6. The Morgan fingerprint density at radius 3 is 2.70 bits per heavy atom. The average molecular weight is 364 g/mol. The predicted molar refractivity (Wildman–Crippen MR) is 101 cm³/mol. The van der Waals surface area contributed by atoms with Crippen LogP contribution in [-0.4, -0.2) is 20.6 Å². The molecule has 0 spiro atoms. The highest BCUT2D eigenvalue weighted by Crippen LogP contribution is 2.36. The zero-order valence-electron chi connectivity index (χ0n) is 15.4. The number of esters is 1. The topological polar surface area (TPSA) is 81.4 Å². The maximum Gasteiger partial charge on any atom is 0.342 e. The number of ether oxygens (including phenoxy) is 1. The summed E-state index contributed by atoms with van der Waals surface area (Å²) in [6.45, 7) is 5.66. The third-order valence-corrected chi connectivity index (χ3v) is 5.04. The highest BCUT2D eigenvalue weighted by molar-refractivity contribution is 5.86. The van der Waals surface area contributed by atoms with E-state index in [4.69, 9.17) is 9.72 Å². The lowest BCUT2D eigenvalue weighted by atomic mass is 9.90. The van der Waals surface area contributed by atoms with Crippen LogP contribution in [0.1, 0.15) is 37.5 Å². The standard InChI is InChI=1S/C19H14N2O4.C2H6/c1-19(24)13-7-15-16-11(6-10-4-2-3-5-14(10)20-16)8-21(15)17(22)12(13)9-25-18(19)23;1-2/h2-7,24H,8-9H2,1H3;1-2H3/t19-;/m0./s1. The zero-order valence-corrected chi connectivity index (χ0v) is 15.4. The molecule has 2 aliphatic rings. The first-order valence-electron chi connectivity index (χ1n) is 9.02. The van der Waals surface area contributed by atoms with Crippen molar-refractivity contribution in [3.8, 4) is 11.4 Å². The van der Waals surface area contributed by atoms with E-state index in [-0.39, 0.29) is 12.2 Å². The summed E-state index contributed by atoms with van der Waals surface area (Å²) in [6, 6.07) is 11.5. The van der Waals surface area contributed by atoms with Gasteiger partial charge < -0.3 is 14.4 Å². The van der Waals surface area contributed by atoms with Gasteiger partial charge in [-0.2, -0.15) is 0 Å². The Morgan fingerprint density at radius 2 is 1.93 bits per heavy atom. The largest absolute Gasteiger partial charge is 0.458 e. The molecular weight excluding hydrogens is 344 g/mol. The molecule has 1 N–H and O–H groups in total. The van der Waals surface area contributed by atoms with Crippen LogP contribution in [0.15, 0.2) is 41.2 Å². The van der Waals surface area contributed by atoms with Crippen LogP contribution in [0.25, 0.3) is 22.3 Å². The number of carbonyl (C=O) groups excluding carboxylic acids is 1. The Hall–Kier alpha value is -2.99. The van der Waals surface area contributed by atoms with Gasteiger partial charge in [-0.3, -0.25) is 4.79 Å². The van der Waals surface area contributed by atoms with Gasteiger partial charge in [-0.1, -0.05) is 32.0 Å². The molecule has 5 rings (SSSR count). The van der Waals surface area contributed by atoms with Crippen LogP contribution in [0, 0.1) is 0 Å². The van der Waals surface area contributed by atoms with Gasteiger partial charge in [-0.25, -0.2) is 9.78 Å². The van der Waals surface area contributed by atoms with Crippen LogP contribution < -0.4 is 5.56 Å². The minimum Gasteiger partial charge on any atom is -0.458 e. The van der Waals surface area contributed by atoms with E-state index in [1.54, 1.807) is 10.6 Å². The molecule has 0 saturated heterocycles. The van der Waals surface area contributed by atoms with Crippen LogP contribution in [0.5, 0.6) is 0 Å². The van der Waals surface area contributed by atoms with Gasteiger partial charge >= 0.3 is 5.97 Å². The molecule has 0 fully saturated rings. The molecule has 2 aromatic heterocycles. The number of hydrogen-bond donors (Lipinski definition) is 1. The highest BCUT2D eigenvalue weighted by Gasteiger charge is 2.42. The summed E-state index contributed by atoms with van der Waals surface area (Å²) in [5.74, 6) is -0.742. The smallest absolute Gasteiger partial charge is 0.342 e. The Balaban J connectivity index is 0.000000872. The van der Waals surface area contributed by atoms with Crippen molar-refractivity contribution < 1.29 is 14.6 Å². The second-order valence-corrected chi connectivity index (χ2v) is 6.65. The van der Waals surface area contributed by atoms with Crippen molar-refractivity contribution in [2.24, 2.45) is 0 Å². The van der Waals surface area contributed by atoms with Gasteiger partial charge in [0.25, 0.3) is 5.56 Å². The first-order valence-corrected chi connectivity index (χ1v) is 9.02. The Kier molecular flexibility index (Phi) is 3.89. The summed E-state index contributed by atoms with van der Waals surface area (Å²) in [5.41, 5.74) is 1.68. The van der Waals surface area contributed by atoms with Crippen molar-refractivity contribution in [3.63, 3.8) is 0 Å². The van der Waals surface area contributed by atoms with Gasteiger partial charge in [0, 0.05) is 16.5 Å². The van der Waals surface area contributed by atoms with E-state index in [0.29, 0.717) is 29.1 Å². The van der Waals surface area contributed by atoms with E-state index in [9.17, 15) is 14.7 Å². The molecule has 0 saturated carbocycles. The Bertz CT molecular complexity index is 1140. The maximum absolute atomic E-state index is 12.9. The molecule has 1 atom stereocenters. The van der Waals surface area contributed by atoms with E-state index in [1.165, 1.54) is 6.92 Å². The molecule has 6 nitrogen and oxygen atoms in total. The number of rotatable bonds is 0. The second-order valence-electron chi connectivity index (χ2n) is 6.65. The normalized spacial score (nSPS) is 19.5. The summed E-state index contributed by atoms with van der Waals surface area (Å²) in [6.07, 6.45) is 0. The molecule has 6 heteroatoms. The summed E-state index contributed by atoms with van der Waals surface area (Å²) >= 11 is 0. The lowest BCUT2D eigenvalue weighted by Gasteiger charge is -2.29. The van der Waals surface area contributed by atoms with Gasteiger partial charge in [0.2, 0.25) is 0 Å². The fourth-order valence-electron chi connectivity index (χ4n) is 3.68. The molecule has 138 valence electrons. The fourth-order valence-corrected chi connectivity index (χ4v) is 3.68. The van der Waals surface area contributed by atoms with Gasteiger partial charge in [0.1, 0.15) is 6.61 Å². The Labute approximate surface area is 156 Å². The van der Waals surface area contributed by atoms with Crippen molar-refractivity contribution >= 4 is 16.9 Å². The van der Waals surface area contributed by atoms with Crippen LogP contribution in [0.2, 0.25) is 0 Å². The number of para-hydroxylation sites is 1. The minimum atomic E-state index is -1.83. The molecule has 3 aromatic rings. The van der Waals surface area contributed by atoms with Crippen LogP contribution in [-0.2, 0) is 28.3 Å². The number of aliphatic hydroxyl groups is 1. The van der Waals surface area contributed by atoms with E-state index in [0.717, 1.165) is 16.5 Å². The van der Waals surface area contributed by atoms with Gasteiger partial charge in [0.15, 0.2) is 5.60 Å². The maximum atomic E-state index is 12.9. The molecule has 0 unspecified atom stereocenters. The monoisotopic (exact) mass is 364 g/mol. The molecule has 0 bridgehead atoms. The van der Waals surface area contributed by atoms with E-state index in [2.05, 4.69) is 0 Å². The number of hydrogen-bond acceptors (Lipinski definition) is 5. The molecule has 0 radical (unpaired) electrons. The molecule has 2 aliphatic heterocycles. The molecule has 0 amide bonds. The SMILES string of the molecule is CC.C[C@@]1(O)C(=O)OCc2c1cc1n(c2=O)Cc2cc3ccccc3nc2-1. The first kappa shape index (κ1) is 17.4. The molecular formula is C21H20N2O4. The molecule has 0 aliphatic carbocycles. The van der Waals surface area contributed by atoms with Crippen molar-refractivity contribution in [1.82, 2.24) is 9.55 Å². The number of aromatic nitrogens is 2. The van der Waals surface area contributed by atoms with Crippen molar-refractivity contribution in [1.29, 1.82) is 0 Å². The minimum absolute atomic E-state index is 0.116. The summed E-state index contributed by atoms with van der Waals surface area (Å²) in [5, 5.41) is 11.5. The molecule has 27 heavy (non-hydrogen) atoms. The Morgan fingerprint density at radius 1 is 1.19 bits per heavy atom. The van der Waals surface area contributed by atoms with E-state index >= 15 is 0 Å². The number of fused-ring (bicyclic) bond motifs is 5. The number of pyridine rings is 2. The summed E-state index contributed by atoms with van der Waals surface area (Å²) in [4.78, 5) is 29.5. The quantitative estimate of drug-likeness (QED) is 0.485. The lowest BCUT2D eigenvalue weighted by Crippen LogP contribution is -2.42. The van der Waals surface area contributed by atoms with Crippen LogP contribution >= 0.6 is 0 Å². The lowest BCUT2D eigenvalue weighted by molar-refractivity contribution is -0.169. The zero-order chi connectivity index (χ0) is 19.3. The second kappa shape index (κ2) is 6.03. The number of cyclic esters (lactones) is 1. The third kappa shape index (κ3) is 2.40. The van der Waals surface area contributed by atoms with E-state index < -0.39 is 11.6 Å². The third-order valence-electron chi connectivity index (χ3n) is 5.04. The number of carbonyl (C=O) groups is 1. The van der Waals surface area contributed by atoms with Crippen molar-refractivity contribution in [3.05, 3.63) is 63.4 Å². The summed E-state index contributed by atoms with van der Waals surface area (Å²) < 4.78 is 6.61. The van der Waals surface area contributed by atoms with Gasteiger partial charge in [-0.05, 0) is 25.1 Å². The van der Waals surface area contributed by atoms with Crippen LogP contribution in [0.3, 0.4) is 0 Å². The van der Waals surface area contributed by atoms with E-state index in [1.807, 2.05) is 44.2 Å². The van der Waals surface area contributed by atoms with Crippen molar-refractivity contribution in [2.75, 3.05) is 0 Å². The van der Waals surface area contributed by atoms with Gasteiger partial charge in [0.05, 0.1) is 29.0 Å². The average Bonchev–Trinajstić information content (AvgIpc) is 3.03. The summed E-state index contributed by atoms with van der Waals surface area (Å²) in [7, 11) is 0. The number of nitrogens with zero attached hydrogens (tertiary/aromatic N) is 2. The molecule has 1 aromatic carbocycles. The van der Waals surface area contributed by atoms with Gasteiger partial charge in [-0.15, -0.1) is 0 Å². The molecule has 4 heterocycles.